The van der Waals surface area contributed by atoms with E-state index >= 15 is 0 Å². The molecule has 0 aromatic carbocycles. The van der Waals surface area contributed by atoms with Crippen LogP contribution < -0.4 is 11.1 Å². The summed E-state index contributed by atoms with van der Waals surface area (Å²) in [5.41, 5.74) is 5.22. The van der Waals surface area contributed by atoms with Crippen LogP contribution in [0, 0.1) is 5.92 Å². The molecule has 0 aromatic heterocycles. The second-order valence-corrected chi connectivity index (χ2v) is 3.04. The molecule has 0 bridgehead atoms. The number of esters is 1. The van der Waals surface area contributed by atoms with Gasteiger partial charge in [-0.3, -0.25) is 4.79 Å². The van der Waals surface area contributed by atoms with Crippen LogP contribution in [0.1, 0.15) is 13.8 Å². The monoisotopic (exact) mass is 174 g/mol. The molecule has 0 unspecified atom stereocenters. The van der Waals surface area contributed by atoms with Crippen molar-refractivity contribution >= 4 is 5.97 Å². The zero-order chi connectivity index (χ0) is 9.40. The lowest BCUT2D eigenvalue weighted by atomic mass is 10.2. The fraction of sp³-hybridized carbons (Fsp3) is 0.875. The van der Waals surface area contributed by atoms with Gasteiger partial charge in [-0.15, -0.1) is 0 Å². The number of hydrogen-bond acceptors (Lipinski definition) is 4. The molecular formula is C8H18N2O2. The van der Waals surface area contributed by atoms with Crippen LogP contribution in [0.15, 0.2) is 0 Å². The Kier molecular flexibility index (Phi) is 6.70. The summed E-state index contributed by atoms with van der Waals surface area (Å²) in [6.07, 6.45) is 0. The fourth-order valence-electron chi connectivity index (χ4n) is 0.603. The molecule has 12 heavy (non-hydrogen) atoms. The minimum Gasteiger partial charge on any atom is -0.464 e. The van der Waals surface area contributed by atoms with Gasteiger partial charge in [0.2, 0.25) is 0 Å². The molecule has 0 fully saturated rings. The summed E-state index contributed by atoms with van der Waals surface area (Å²) in [7, 11) is 0. The van der Waals surface area contributed by atoms with Crippen molar-refractivity contribution in [3.05, 3.63) is 0 Å². The van der Waals surface area contributed by atoms with E-state index in [1.165, 1.54) is 0 Å². The lowest BCUT2D eigenvalue weighted by molar-refractivity contribution is -0.143. The van der Waals surface area contributed by atoms with Crippen molar-refractivity contribution in [3.8, 4) is 0 Å². The quantitative estimate of drug-likeness (QED) is 0.430. The first-order chi connectivity index (χ1) is 5.66. The minimum atomic E-state index is -0.211. The van der Waals surface area contributed by atoms with Crippen LogP contribution in [-0.4, -0.2) is 32.2 Å². The molecule has 0 aliphatic carbocycles. The highest BCUT2D eigenvalue weighted by Crippen LogP contribution is 1.91. The maximum Gasteiger partial charge on any atom is 0.319 e. The highest BCUT2D eigenvalue weighted by molar-refractivity contribution is 5.71. The van der Waals surface area contributed by atoms with Crippen molar-refractivity contribution < 1.29 is 9.53 Å². The number of carbonyl (C=O) groups is 1. The van der Waals surface area contributed by atoms with Gasteiger partial charge in [0.15, 0.2) is 0 Å². The molecule has 0 aromatic rings. The molecule has 72 valence electrons. The number of nitrogens with two attached hydrogens (primary N) is 1. The summed E-state index contributed by atoms with van der Waals surface area (Å²) in [4.78, 5) is 10.9. The normalized spacial score (nSPS) is 10.3. The number of rotatable bonds is 6. The molecule has 4 nitrogen and oxygen atoms in total. The molecule has 0 spiro atoms. The summed E-state index contributed by atoms with van der Waals surface area (Å²) in [6, 6.07) is 0. The van der Waals surface area contributed by atoms with Gasteiger partial charge in [0, 0.05) is 13.1 Å². The van der Waals surface area contributed by atoms with Gasteiger partial charge in [-0.25, -0.2) is 0 Å². The Bertz CT molecular complexity index is 126. The van der Waals surface area contributed by atoms with Gasteiger partial charge in [-0.2, -0.15) is 0 Å². The highest BCUT2D eigenvalue weighted by Gasteiger charge is 2.02. The van der Waals surface area contributed by atoms with Gasteiger partial charge < -0.3 is 15.8 Å². The van der Waals surface area contributed by atoms with E-state index in [1.54, 1.807) is 0 Å². The third-order valence-electron chi connectivity index (χ3n) is 1.17. The van der Waals surface area contributed by atoms with Gasteiger partial charge in [0.25, 0.3) is 0 Å². The number of hydrogen-bond donors (Lipinski definition) is 2. The molecular weight excluding hydrogens is 156 g/mol. The molecule has 0 saturated carbocycles. The average Bonchev–Trinajstić information content (AvgIpc) is 2.01. The second kappa shape index (κ2) is 7.06. The smallest absolute Gasteiger partial charge is 0.319 e. The van der Waals surface area contributed by atoms with Crippen LogP contribution in [-0.2, 0) is 9.53 Å². The van der Waals surface area contributed by atoms with Crippen molar-refractivity contribution in [2.45, 2.75) is 13.8 Å². The molecule has 0 aliphatic heterocycles. The van der Waals surface area contributed by atoms with E-state index in [0.29, 0.717) is 25.6 Å². The Hall–Kier alpha value is -0.610. The van der Waals surface area contributed by atoms with Crippen molar-refractivity contribution in [1.82, 2.24) is 5.32 Å². The van der Waals surface area contributed by atoms with Crippen molar-refractivity contribution in [3.63, 3.8) is 0 Å². The van der Waals surface area contributed by atoms with Gasteiger partial charge in [0.1, 0.15) is 0 Å². The van der Waals surface area contributed by atoms with Crippen molar-refractivity contribution in [1.29, 1.82) is 0 Å². The average molecular weight is 174 g/mol. The lowest BCUT2D eigenvalue weighted by Crippen LogP contribution is -2.29. The first-order valence-electron chi connectivity index (χ1n) is 4.23. The molecule has 0 radical (unpaired) electrons. The van der Waals surface area contributed by atoms with E-state index in [1.807, 2.05) is 13.8 Å². The molecule has 0 amide bonds. The Morgan fingerprint density at radius 1 is 1.58 bits per heavy atom. The summed E-state index contributed by atoms with van der Waals surface area (Å²) in [5.74, 6) is 0.181. The zero-order valence-electron chi connectivity index (χ0n) is 7.80. The Morgan fingerprint density at radius 2 is 2.25 bits per heavy atom. The Morgan fingerprint density at radius 3 is 2.75 bits per heavy atom. The lowest BCUT2D eigenvalue weighted by Gasteiger charge is -2.07. The van der Waals surface area contributed by atoms with Crippen molar-refractivity contribution in [2.24, 2.45) is 11.7 Å². The highest BCUT2D eigenvalue weighted by atomic mass is 16.5. The summed E-state index contributed by atoms with van der Waals surface area (Å²) in [6.45, 7) is 5.93. The third kappa shape index (κ3) is 7.50. The molecule has 0 saturated heterocycles. The topological polar surface area (TPSA) is 64.3 Å². The van der Waals surface area contributed by atoms with E-state index in [-0.39, 0.29) is 12.5 Å². The predicted molar refractivity (Wildman–Crippen MR) is 47.7 cm³/mol. The number of nitrogens with one attached hydrogen (secondary N) is 1. The van der Waals surface area contributed by atoms with E-state index < -0.39 is 0 Å². The van der Waals surface area contributed by atoms with Gasteiger partial charge in [-0.1, -0.05) is 13.8 Å². The zero-order valence-corrected chi connectivity index (χ0v) is 7.80. The molecule has 0 heterocycles. The van der Waals surface area contributed by atoms with Crippen molar-refractivity contribution in [2.75, 3.05) is 26.2 Å². The first-order valence-corrected chi connectivity index (χ1v) is 4.23. The molecule has 0 rings (SSSR count). The SMILES string of the molecule is CC(C)COC(=O)CNCCN. The standard InChI is InChI=1S/C8H18N2O2/c1-7(2)6-12-8(11)5-10-4-3-9/h7,10H,3-6,9H2,1-2H3. The molecule has 0 atom stereocenters. The molecule has 0 aliphatic rings. The van der Waals surface area contributed by atoms with Crippen LogP contribution in [0.5, 0.6) is 0 Å². The third-order valence-corrected chi connectivity index (χ3v) is 1.17. The van der Waals surface area contributed by atoms with E-state index in [0.717, 1.165) is 0 Å². The van der Waals surface area contributed by atoms with Gasteiger partial charge in [0.05, 0.1) is 13.2 Å². The molecule has 4 heteroatoms. The number of ether oxygens (including phenoxy) is 1. The second-order valence-electron chi connectivity index (χ2n) is 3.04. The van der Waals surface area contributed by atoms with Crippen LogP contribution in [0.2, 0.25) is 0 Å². The fourth-order valence-corrected chi connectivity index (χ4v) is 0.603. The number of carbonyl (C=O) groups excluding carboxylic acids is 1. The largest absolute Gasteiger partial charge is 0.464 e. The maximum absolute atomic E-state index is 10.9. The van der Waals surface area contributed by atoms with Crippen LogP contribution >= 0.6 is 0 Å². The van der Waals surface area contributed by atoms with Crippen LogP contribution in [0.25, 0.3) is 0 Å². The maximum atomic E-state index is 10.9. The molecule has 3 N–H and O–H groups in total. The van der Waals surface area contributed by atoms with E-state index in [2.05, 4.69) is 5.32 Å². The van der Waals surface area contributed by atoms with E-state index in [9.17, 15) is 4.79 Å². The van der Waals surface area contributed by atoms with Crippen LogP contribution in [0.4, 0.5) is 0 Å². The van der Waals surface area contributed by atoms with E-state index in [4.69, 9.17) is 10.5 Å². The summed E-state index contributed by atoms with van der Waals surface area (Å²) in [5, 5.41) is 2.86. The van der Waals surface area contributed by atoms with Crippen LogP contribution in [0.3, 0.4) is 0 Å². The minimum absolute atomic E-state index is 0.211. The van der Waals surface area contributed by atoms with Gasteiger partial charge >= 0.3 is 5.97 Å². The van der Waals surface area contributed by atoms with Gasteiger partial charge in [-0.05, 0) is 5.92 Å². The first kappa shape index (κ1) is 11.4. The summed E-state index contributed by atoms with van der Waals surface area (Å²) < 4.78 is 4.91. The Balaban J connectivity index is 3.22. The predicted octanol–water partition coefficient (Wildman–Crippen LogP) is -0.266. The Labute approximate surface area is 73.5 Å². The summed E-state index contributed by atoms with van der Waals surface area (Å²) >= 11 is 0.